The van der Waals surface area contributed by atoms with E-state index in [2.05, 4.69) is 15.6 Å². The van der Waals surface area contributed by atoms with E-state index >= 15 is 0 Å². The van der Waals surface area contributed by atoms with Gasteiger partial charge in [0.25, 0.3) is 0 Å². The second-order valence-corrected chi connectivity index (χ2v) is 8.53. The Balaban J connectivity index is 1.88. The summed E-state index contributed by atoms with van der Waals surface area (Å²) in [5, 5.41) is 7.53. The molecule has 0 spiro atoms. The molecule has 134 valence electrons. The number of guanidine groups is 1. The van der Waals surface area contributed by atoms with Gasteiger partial charge in [0.2, 0.25) is 10.0 Å². The van der Waals surface area contributed by atoms with E-state index in [0.717, 1.165) is 5.56 Å². The zero-order chi connectivity index (χ0) is 17.7. The third-order valence-electron chi connectivity index (χ3n) is 3.86. The first-order chi connectivity index (χ1) is 11.3. The average molecular weight is 393 g/mol. The van der Waals surface area contributed by atoms with Crippen LogP contribution in [0.5, 0.6) is 0 Å². The van der Waals surface area contributed by atoms with Crippen molar-refractivity contribution in [3.05, 3.63) is 33.8 Å². The standard InChI is InChI=1S/C15H22Cl2N4O2S/c1-11(13-5-4-12(16)10-14(13)17)20-15(18-2)19-6-8-21-7-3-9-24(21,22)23/h4-5,10-11H,3,6-9H2,1-2H3,(H2,18,19,20). The normalized spacial score (nSPS) is 19.2. The van der Waals surface area contributed by atoms with Crippen LogP contribution in [0.25, 0.3) is 0 Å². The molecule has 1 aromatic carbocycles. The minimum absolute atomic E-state index is 0.0727. The summed E-state index contributed by atoms with van der Waals surface area (Å²) in [5.41, 5.74) is 0.908. The highest BCUT2D eigenvalue weighted by atomic mass is 35.5. The Morgan fingerprint density at radius 1 is 1.42 bits per heavy atom. The van der Waals surface area contributed by atoms with Gasteiger partial charge >= 0.3 is 0 Å². The van der Waals surface area contributed by atoms with Crippen LogP contribution in [-0.2, 0) is 10.0 Å². The molecule has 6 nitrogen and oxygen atoms in total. The average Bonchev–Trinajstić information content (AvgIpc) is 2.84. The first-order valence-electron chi connectivity index (χ1n) is 7.73. The summed E-state index contributed by atoms with van der Waals surface area (Å²) in [7, 11) is -1.40. The Morgan fingerprint density at radius 3 is 2.75 bits per heavy atom. The molecule has 0 amide bonds. The summed E-state index contributed by atoms with van der Waals surface area (Å²) >= 11 is 12.1. The molecule has 1 atom stereocenters. The summed E-state index contributed by atoms with van der Waals surface area (Å²) in [6, 6.07) is 5.28. The Hall–Kier alpha value is -1.02. The smallest absolute Gasteiger partial charge is 0.214 e. The molecule has 1 fully saturated rings. The maximum absolute atomic E-state index is 11.8. The van der Waals surface area contributed by atoms with E-state index in [1.807, 2.05) is 13.0 Å². The van der Waals surface area contributed by atoms with Gasteiger partial charge in [-0.2, -0.15) is 0 Å². The van der Waals surface area contributed by atoms with Gasteiger partial charge in [-0.15, -0.1) is 0 Å². The summed E-state index contributed by atoms with van der Waals surface area (Å²) < 4.78 is 25.0. The number of nitrogens with one attached hydrogen (secondary N) is 2. The van der Waals surface area contributed by atoms with Gasteiger partial charge in [0, 0.05) is 36.7 Å². The van der Waals surface area contributed by atoms with E-state index < -0.39 is 10.0 Å². The van der Waals surface area contributed by atoms with Crippen LogP contribution in [0.3, 0.4) is 0 Å². The zero-order valence-electron chi connectivity index (χ0n) is 13.7. The van der Waals surface area contributed by atoms with Gasteiger partial charge in [-0.3, -0.25) is 4.99 Å². The van der Waals surface area contributed by atoms with Crippen molar-refractivity contribution in [3.63, 3.8) is 0 Å². The number of benzene rings is 1. The SMILES string of the molecule is CN=C(NCCN1CCCS1(=O)=O)NC(C)c1ccc(Cl)cc1Cl. The fourth-order valence-electron chi connectivity index (χ4n) is 2.57. The molecule has 0 aliphatic carbocycles. The topological polar surface area (TPSA) is 73.8 Å². The maximum Gasteiger partial charge on any atom is 0.214 e. The van der Waals surface area contributed by atoms with Crippen LogP contribution in [0.4, 0.5) is 0 Å². The van der Waals surface area contributed by atoms with E-state index in [4.69, 9.17) is 23.2 Å². The predicted octanol–water partition coefficient (Wildman–Crippen LogP) is 2.25. The van der Waals surface area contributed by atoms with E-state index in [-0.39, 0.29) is 11.8 Å². The lowest BCUT2D eigenvalue weighted by Crippen LogP contribution is -2.42. The van der Waals surface area contributed by atoms with Crippen LogP contribution < -0.4 is 10.6 Å². The highest BCUT2D eigenvalue weighted by Crippen LogP contribution is 2.25. The van der Waals surface area contributed by atoms with Gasteiger partial charge in [-0.05, 0) is 31.0 Å². The lowest BCUT2D eigenvalue weighted by Gasteiger charge is -2.20. The van der Waals surface area contributed by atoms with Crippen LogP contribution in [0.2, 0.25) is 10.0 Å². The number of aliphatic imine (C=N–C) groups is 1. The molecule has 24 heavy (non-hydrogen) atoms. The van der Waals surface area contributed by atoms with E-state index in [1.165, 1.54) is 4.31 Å². The molecule has 2 N–H and O–H groups in total. The molecule has 1 unspecified atom stereocenters. The van der Waals surface area contributed by atoms with Crippen molar-refractivity contribution in [3.8, 4) is 0 Å². The summed E-state index contributed by atoms with van der Waals surface area (Å²) in [4.78, 5) is 4.16. The molecule has 0 bridgehead atoms. The first kappa shape index (κ1) is 19.3. The number of sulfonamides is 1. The predicted molar refractivity (Wildman–Crippen MR) is 99.4 cm³/mol. The number of hydrogen-bond acceptors (Lipinski definition) is 3. The first-order valence-corrected chi connectivity index (χ1v) is 10.1. The Morgan fingerprint density at radius 2 is 2.17 bits per heavy atom. The Kier molecular flexibility index (Phi) is 6.74. The Bertz CT molecular complexity index is 709. The molecular weight excluding hydrogens is 371 g/mol. The van der Waals surface area contributed by atoms with E-state index in [1.54, 1.807) is 19.2 Å². The number of rotatable bonds is 5. The van der Waals surface area contributed by atoms with Gasteiger partial charge in [0.1, 0.15) is 0 Å². The Labute approximate surface area is 153 Å². The lowest BCUT2D eigenvalue weighted by molar-refractivity contribution is 0.444. The van der Waals surface area contributed by atoms with Gasteiger partial charge in [-0.1, -0.05) is 29.3 Å². The third kappa shape index (κ3) is 4.99. The quantitative estimate of drug-likeness (QED) is 0.595. The molecule has 9 heteroatoms. The zero-order valence-corrected chi connectivity index (χ0v) is 16.0. The fraction of sp³-hybridized carbons (Fsp3) is 0.533. The molecule has 2 rings (SSSR count). The van der Waals surface area contributed by atoms with Gasteiger partial charge < -0.3 is 10.6 Å². The van der Waals surface area contributed by atoms with Crippen molar-refractivity contribution in [2.75, 3.05) is 32.4 Å². The number of nitrogens with zero attached hydrogens (tertiary/aromatic N) is 2. The molecule has 1 heterocycles. The van der Waals surface area contributed by atoms with Crippen LogP contribution in [0.15, 0.2) is 23.2 Å². The second kappa shape index (κ2) is 8.38. The molecule has 1 saturated heterocycles. The fourth-order valence-corrected chi connectivity index (χ4v) is 4.67. The molecule has 1 aliphatic heterocycles. The second-order valence-electron chi connectivity index (χ2n) is 5.60. The van der Waals surface area contributed by atoms with Crippen molar-refractivity contribution in [1.82, 2.24) is 14.9 Å². The van der Waals surface area contributed by atoms with Crippen molar-refractivity contribution in [1.29, 1.82) is 0 Å². The van der Waals surface area contributed by atoms with Crippen molar-refractivity contribution in [2.45, 2.75) is 19.4 Å². The van der Waals surface area contributed by atoms with Gasteiger partial charge in [0.05, 0.1) is 11.8 Å². The van der Waals surface area contributed by atoms with Gasteiger partial charge in [-0.25, -0.2) is 12.7 Å². The largest absolute Gasteiger partial charge is 0.355 e. The molecule has 0 radical (unpaired) electrons. The number of halogens is 2. The highest BCUT2D eigenvalue weighted by Gasteiger charge is 2.27. The van der Waals surface area contributed by atoms with Crippen LogP contribution in [-0.4, -0.2) is 51.1 Å². The minimum Gasteiger partial charge on any atom is -0.355 e. The molecule has 0 aromatic heterocycles. The van der Waals surface area contributed by atoms with Crippen molar-refractivity contribution >= 4 is 39.2 Å². The monoisotopic (exact) mass is 392 g/mol. The summed E-state index contributed by atoms with van der Waals surface area (Å²) in [6.07, 6.45) is 0.696. The molecular formula is C15H22Cl2N4O2S. The molecule has 1 aromatic rings. The summed E-state index contributed by atoms with van der Waals surface area (Å²) in [6.45, 7) is 3.47. The van der Waals surface area contributed by atoms with Gasteiger partial charge in [0.15, 0.2) is 5.96 Å². The summed E-state index contributed by atoms with van der Waals surface area (Å²) in [5.74, 6) is 0.830. The van der Waals surface area contributed by atoms with Crippen LogP contribution >= 0.6 is 23.2 Å². The van der Waals surface area contributed by atoms with E-state index in [0.29, 0.717) is 42.1 Å². The lowest BCUT2D eigenvalue weighted by atomic mass is 10.1. The molecule has 1 aliphatic rings. The highest BCUT2D eigenvalue weighted by molar-refractivity contribution is 7.89. The minimum atomic E-state index is -3.06. The van der Waals surface area contributed by atoms with Crippen molar-refractivity contribution in [2.24, 2.45) is 4.99 Å². The van der Waals surface area contributed by atoms with Crippen LogP contribution in [0, 0.1) is 0 Å². The third-order valence-corrected chi connectivity index (χ3v) is 6.38. The maximum atomic E-state index is 11.8. The molecule has 0 saturated carbocycles. The van der Waals surface area contributed by atoms with E-state index in [9.17, 15) is 8.42 Å². The van der Waals surface area contributed by atoms with Crippen molar-refractivity contribution < 1.29 is 8.42 Å². The van der Waals surface area contributed by atoms with Crippen LogP contribution in [0.1, 0.15) is 24.9 Å². The number of hydrogen-bond donors (Lipinski definition) is 2.